The second kappa shape index (κ2) is 31.0. The summed E-state index contributed by atoms with van der Waals surface area (Å²) in [5.74, 6) is -3.58. The van der Waals surface area contributed by atoms with Crippen molar-refractivity contribution in [1.82, 2.24) is 0 Å². The Morgan fingerprint density at radius 2 is 0.762 bits per heavy atom. The molecule has 0 rings (SSSR count). The van der Waals surface area contributed by atoms with Crippen molar-refractivity contribution in [1.29, 1.82) is 0 Å². The van der Waals surface area contributed by atoms with E-state index in [-0.39, 0.29) is 37.7 Å². The Labute approximate surface area is 149 Å². The number of carbonyl (C=O) groups is 4. The van der Waals surface area contributed by atoms with Gasteiger partial charge in [-0.15, -0.1) is 0 Å². The molecule has 0 atom stereocenters. The Bertz CT molecular complexity index is 215. The molecule has 12 nitrogen and oxygen atoms in total. The summed E-state index contributed by atoms with van der Waals surface area (Å²) in [6, 6.07) is 0. The fraction of sp³-hybridized carbons (Fsp3) is 0.500. The van der Waals surface area contributed by atoms with E-state index in [1.807, 2.05) is 0 Å². The average Bonchev–Trinajstić information content (AvgIpc) is 1.94. The van der Waals surface area contributed by atoms with Crippen molar-refractivity contribution in [3.63, 3.8) is 0 Å². The Kier molecular flexibility index (Phi) is 53.9. The summed E-state index contributed by atoms with van der Waals surface area (Å²) in [5, 5.41) is 45.9. The molecule has 0 unspecified atom stereocenters. The van der Waals surface area contributed by atoms with Gasteiger partial charge in [-0.3, -0.25) is 14.4 Å². The van der Waals surface area contributed by atoms with E-state index in [9.17, 15) is 0 Å². The van der Waals surface area contributed by atoms with Crippen molar-refractivity contribution in [2.45, 2.75) is 27.7 Å². The molecule has 0 aliphatic carbocycles. The van der Waals surface area contributed by atoms with Gasteiger partial charge in [0.1, 0.15) is 0 Å². The predicted molar refractivity (Wildman–Crippen MR) is 66.7 cm³/mol. The molecule has 0 aliphatic heterocycles. The van der Waals surface area contributed by atoms with Gasteiger partial charge in [-0.2, -0.15) is 0 Å². The molecule has 0 heterocycles. The molecule has 0 radical (unpaired) electrons. The molecule has 13 heteroatoms. The normalized spacial score (nSPS) is 5.90. The third kappa shape index (κ3) is 1780. The third-order valence-corrected chi connectivity index (χ3v) is 0. The zero-order valence-electron chi connectivity index (χ0n) is 11.8. The molecule has 0 aromatic carbocycles. The summed E-state index contributed by atoms with van der Waals surface area (Å²) in [4.78, 5) is 44.1. The zero-order valence-corrected chi connectivity index (χ0v) is 14.0. The van der Waals surface area contributed by atoms with E-state index in [0.717, 1.165) is 27.7 Å². The minimum atomic E-state index is -1.75. The van der Waals surface area contributed by atoms with E-state index in [1.165, 1.54) is 0 Å². The number of nitrogens with zero attached hydrogens (tertiary/aromatic N) is 1. The Morgan fingerprint density at radius 3 is 0.762 bits per heavy atom. The average molecular weight is 341 g/mol. The van der Waals surface area contributed by atoms with Crippen molar-refractivity contribution < 1.29 is 44.7 Å². The molecule has 0 amide bonds. The molecular formula is C8H15CaNO11. The van der Waals surface area contributed by atoms with E-state index in [1.54, 1.807) is 0 Å². The number of rotatable bonds is 0. The summed E-state index contributed by atoms with van der Waals surface area (Å²) >= 11 is 0. The molecule has 0 bridgehead atoms. The summed E-state index contributed by atoms with van der Waals surface area (Å²) in [7, 11) is 0. The number of carboxylic acid groups (broad SMARTS) is 4. The molecule has 3 N–H and O–H groups in total. The molecular weight excluding hydrogens is 326 g/mol. The van der Waals surface area contributed by atoms with Crippen molar-refractivity contribution >= 4 is 61.6 Å². The van der Waals surface area contributed by atoms with Gasteiger partial charge in [0.2, 0.25) is 0 Å². The van der Waals surface area contributed by atoms with Gasteiger partial charge >= 0.3 is 37.7 Å². The van der Waals surface area contributed by atoms with Gasteiger partial charge in [-0.05, 0) is 6.92 Å². The monoisotopic (exact) mass is 341 g/mol. The van der Waals surface area contributed by atoms with Crippen LogP contribution in [-0.4, -0.2) is 82.0 Å². The third-order valence-electron chi connectivity index (χ3n) is 0. The van der Waals surface area contributed by atoms with Crippen LogP contribution in [0.3, 0.4) is 0 Å². The quantitative estimate of drug-likeness (QED) is 0.259. The topological polar surface area (TPSA) is 218 Å². The Balaban J connectivity index is -0.0000000331. The first-order valence-corrected chi connectivity index (χ1v) is 4.24. The number of carbonyl (C=O) groups excluding carboxylic acids is 1. The number of aliphatic carboxylic acids is 4. The van der Waals surface area contributed by atoms with Crippen LogP contribution in [0, 0.1) is 15.3 Å². The summed E-state index contributed by atoms with van der Waals surface area (Å²) in [6.07, 6.45) is 0. The SMILES string of the molecule is CC(=O)O.CC(=O)O.CC(=O)O.CC(=O)[O-].O=[N+]([O-])[O-].[Ca+2]. The van der Waals surface area contributed by atoms with Gasteiger partial charge in [-0.25, -0.2) is 0 Å². The van der Waals surface area contributed by atoms with Crippen LogP contribution in [-0.2, 0) is 19.2 Å². The van der Waals surface area contributed by atoms with Crippen molar-refractivity contribution in [2.24, 2.45) is 0 Å². The summed E-state index contributed by atoms with van der Waals surface area (Å²) in [6.45, 7) is 4.22. The minimum Gasteiger partial charge on any atom is -0.550 e. The summed E-state index contributed by atoms with van der Waals surface area (Å²) < 4.78 is 0. The van der Waals surface area contributed by atoms with E-state index < -0.39 is 29.0 Å². The van der Waals surface area contributed by atoms with E-state index >= 15 is 0 Å². The fourth-order valence-electron chi connectivity index (χ4n) is 0. The summed E-state index contributed by atoms with van der Waals surface area (Å²) in [5.41, 5.74) is 0. The maximum absolute atomic E-state index is 9.00. The van der Waals surface area contributed by atoms with Crippen LogP contribution < -0.4 is 5.11 Å². The number of carboxylic acids is 4. The molecule has 0 saturated carbocycles. The fourth-order valence-corrected chi connectivity index (χ4v) is 0. The van der Waals surface area contributed by atoms with Gasteiger partial charge in [-0.1, -0.05) is 0 Å². The molecule has 0 spiro atoms. The second-order valence-corrected chi connectivity index (χ2v) is 2.27. The Hall–Kier alpha value is -1.66. The van der Waals surface area contributed by atoms with Crippen molar-refractivity contribution in [3.8, 4) is 0 Å². The van der Waals surface area contributed by atoms with Crippen LogP contribution in [0.25, 0.3) is 0 Å². The van der Waals surface area contributed by atoms with Gasteiger partial charge < -0.3 is 40.5 Å². The molecule has 0 aromatic heterocycles. The smallest absolute Gasteiger partial charge is 0.550 e. The molecule has 0 aromatic rings. The van der Waals surface area contributed by atoms with Crippen LogP contribution in [0.1, 0.15) is 27.7 Å². The molecule has 0 fully saturated rings. The van der Waals surface area contributed by atoms with Crippen LogP contribution >= 0.6 is 0 Å². The van der Waals surface area contributed by atoms with Gasteiger partial charge in [0.25, 0.3) is 17.9 Å². The molecule has 120 valence electrons. The van der Waals surface area contributed by atoms with Gasteiger partial charge in [0.05, 0.1) is 5.09 Å². The maximum Gasteiger partial charge on any atom is 2.00 e. The van der Waals surface area contributed by atoms with Crippen molar-refractivity contribution in [2.75, 3.05) is 0 Å². The first-order chi connectivity index (χ1) is 8.66. The first kappa shape index (κ1) is 36.6. The van der Waals surface area contributed by atoms with E-state index in [4.69, 9.17) is 54.9 Å². The Morgan fingerprint density at radius 1 is 0.762 bits per heavy atom. The van der Waals surface area contributed by atoms with Crippen LogP contribution in [0.15, 0.2) is 0 Å². The van der Waals surface area contributed by atoms with Gasteiger partial charge in [0, 0.05) is 26.7 Å². The van der Waals surface area contributed by atoms with E-state index in [0.29, 0.717) is 0 Å². The minimum absolute atomic E-state index is 0. The predicted octanol–water partition coefficient (Wildman–Crippen LogP) is -1.59. The molecule has 0 saturated heterocycles. The number of hydrogen-bond acceptors (Lipinski definition) is 8. The first-order valence-electron chi connectivity index (χ1n) is 4.24. The van der Waals surface area contributed by atoms with Gasteiger partial charge in [0.15, 0.2) is 0 Å². The molecule has 21 heavy (non-hydrogen) atoms. The van der Waals surface area contributed by atoms with E-state index in [2.05, 4.69) is 0 Å². The second-order valence-electron chi connectivity index (χ2n) is 2.27. The van der Waals surface area contributed by atoms with Crippen LogP contribution in [0.2, 0.25) is 0 Å². The van der Waals surface area contributed by atoms with Crippen molar-refractivity contribution in [3.05, 3.63) is 15.3 Å². The number of hydrogen-bond donors (Lipinski definition) is 3. The standard InChI is InChI=1S/4C2H4O2.Ca.NO3/c4*1-2(3)4;;2-1(3)4/h4*1H3,(H,3,4);;/q;;;;+2;-1/p-1. The van der Waals surface area contributed by atoms with Crippen LogP contribution in [0.5, 0.6) is 0 Å². The zero-order chi connectivity index (χ0) is 17.9. The maximum atomic E-state index is 9.00. The van der Waals surface area contributed by atoms with Crippen LogP contribution in [0.4, 0.5) is 0 Å². The molecule has 0 aliphatic rings. The largest absolute Gasteiger partial charge is 2.00 e.